The molecule has 0 aromatic rings. The summed E-state index contributed by atoms with van der Waals surface area (Å²) in [6, 6.07) is -0.362. The highest BCUT2D eigenvalue weighted by atomic mass is 35.5. The summed E-state index contributed by atoms with van der Waals surface area (Å²) in [5.41, 5.74) is 0. The lowest BCUT2D eigenvalue weighted by molar-refractivity contribution is 0.0979. The number of sulfonamides is 1. The topological polar surface area (TPSA) is 64.6 Å². The predicted octanol–water partition coefficient (Wildman–Crippen LogP) is 0.339. The van der Waals surface area contributed by atoms with Gasteiger partial charge in [0.2, 0.25) is 10.0 Å². The van der Waals surface area contributed by atoms with E-state index in [2.05, 4.69) is 4.72 Å². The first-order valence-electron chi connectivity index (χ1n) is 5.24. The molecule has 0 amide bonds. The van der Waals surface area contributed by atoms with Gasteiger partial charge in [-0.25, -0.2) is 13.1 Å². The van der Waals surface area contributed by atoms with E-state index in [0.29, 0.717) is 26.1 Å². The van der Waals surface area contributed by atoms with Crippen molar-refractivity contribution in [2.45, 2.75) is 24.1 Å². The number of alkyl halides is 1. The summed E-state index contributed by atoms with van der Waals surface area (Å²) >= 11 is 5.66. The average Bonchev–Trinajstić information content (AvgIpc) is 2.29. The van der Waals surface area contributed by atoms with Crippen molar-refractivity contribution in [3.8, 4) is 0 Å². The van der Waals surface area contributed by atoms with Crippen molar-refractivity contribution in [3.05, 3.63) is 0 Å². The lowest BCUT2D eigenvalue weighted by atomic mass is 10.2. The number of halogens is 1. The maximum absolute atomic E-state index is 11.9. The van der Waals surface area contributed by atoms with E-state index < -0.39 is 10.0 Å². The number of rotatable bonds is 6. The van der Waals surface area contributed by atoms with Crippen LogP contribution in [0.2, 0.25) is 0 Å². The quantitative estimate of drug-likeness (QED) is 0.708. The average molecular weight is 272 g/mol. The van der Waals surface area contributed by atoms with Crippen LogP contribution >= 0.6 is 11.6 Å². The molecule has 1 rings (SSSR count). The largest absolute Gasteiger partial charge is 0.383 e. The molecule has 1 N–H and O–H groups in total. The predicted molar refractivity (Wildman–Crippen MR) is 62.3 cm³/mol. The molecule has 0 aromatic heterocycles. The number of nitrogens with one attached hydrogen (secondary N) is 1. The Labute approximate surface area is 101 Å². The van der Waals surface area contributed by atoms with Crippen LogP contribution in [-0.4, -0.2) is 52.5 Å². The first kappa shape index (κ1) is 14.2. The van der Waals surface area contributed by atoms with Crippen LogP contribution in [0.3, 0.4) is 0 Å². The van der Waals surface area contributed by atoms with Crippen LogP contribution in [0.4, 0.5) is 0 Å². The summed E-state index contributed by atoms with van der Waals surface area (Å²) in [6.45, 7) is 1.29. The second kappa shape index (κ2) is 6.76. The van der Waals surface area contributed by atoms with Crippen molar-refractivity contribution < 1.29 is 17.9 Å². The maximum Gasteiger partial charge on any atom is 0.215 e. The summed E-state index contributed by atoms with van der Waals surface area (Å²) in [4.78, 5) is 0. The molecule has 0 spiro atoms. The van der Waals surface area contributed by atoms with Gasteiger partial charge in [-0.2, -0.15) is 0 Å². The number of ether oxygens (including phenoxy) is 2. The molecule has 1 unspecified atom stereocenters. The van der Waals surface area contributed by atoms with Crippen LogP contribution in [0, 0.1) is 0 Å². The first-order valence-corrected chi connectivity index (χ1v) is 7.32. The zero-order valence-electron chi connectivity index (χ0n) is 9.32. The summed E-state index contributed by atoms with van der Waals surface area (Å²) in [7, 11) is -1.80. The lowest BCUT2D eigenvalue weighted by Crippen LogP contribution is -2.45. The Morgan fingerprint density at radius 3 is 2.62 bits per heavy atom. The van der Waals surface area contributed by atoms with Crippen molar-refractivity contribution >= 4 is 21.6 Å². The zero-order chi connectivity index (χ0) is 12.0. The Kier molecular flexibility index (Phi) is 5.99. The SMILES string of the molecule is COCC(CCl)NS(=O)(=O)C1CCOCC1. The van der Waals surface area contributed by atoms with Crippen molar-refractivity contribution in [1.82, 2.24) is 4.72 Å². The molecule has 1 fully saturated rings. The van der Waals surface area contributed by atoms with E-state index in [1.54, 1.807) is 0 Å². The first-order chi connectivity index (χ1) is 7.60. The second-order valence-corrected chi connectivity index (χ2v) is 6.08. The molecule has 0 aliphatic carbocycles. The van der Waals surface area contributed by atoms with Gasteiger partial charge in [0.15, 0.2) is 0 Å². The van der Waals surface area contributed by atoms with Gasteiger partial charge >= 0.3 is 0 Å². The minimum Gasteiger partial charge on any atom is -0.383 e. The summed E-state index contributed by atoms with van der Waals surface area (Å²) in [5, 5.41) is -0.371. The molecular formula is C9H18ClNO4S. The van der Waals surface area contributed by atoms with Gasteiger partial charge in [-0.05, 0) is 12.8 Å². The molecular weight excluding hydrogens is 254 g/mol. The van der Waals surface area contributed by atoms with Gasteiger partial charge in [0, 0.05) is 26.2 Å². The Hall–Kier alpha value is 0.120. The highest BCUT2D eigenvalue weighted by molar-refractivity contribution is 7.90. The van der Waals surface area contributed by atoms with Gasteiger partial charge in [-0.3, -0.25) is 0 Å². The third kappa shape index (κ3) is 4.18. The number of hydrogen-bond donors (Lipinski definition) is 1. The monoisotopic (exact) mass is 271 g/mol. The Bertz CT molecular complexity index is 290. The van der Waals surface area contributed by atoms with E-state index >= 15 is 0 Å². The molecule has 96 valence electrons. The van der Waals surface area contributed by atoms with E-state index in [4.69, 9.17) is 21.1 Å². The van der Waals surface area contributed by atoms with Gasteiger partial charge in [-0.1, -0.05) is 0 Å². The molecule has 0 saturated carbocycles. The number of methoxy groups -OCH3 is 1. The summed E-state index contributed by atoms with van der Waals surface area (Å²) in [6.07, 6.45) is 1.08. The van der Waals surface area contributed by atoms with E-state index in [0.717, 1.165) is 0 Å². The second-order valence-electron chi connectivity index (χ2n) is 3.78. The Balaban J connectivity index is 2.54. The van der Waals surface area contributed by atoms with Gasteiger partial charge < -0.3 is 9.47 Å². The Morgan fingerprint density at radius 1 is 1.50 bits per heavy atom. The van der Waals surface area contributed by atoms with Crippen LogP contribution in [0.15, 0.2) is 0 Å². The fourth-order valence-electron chi connectivity index (χ4n) is 1.63. The molecule has 5 nitrogen and oxygen atoms in total. The Morgan fingerprint density at radius 2 is 2.12 bits per heavy atom. The molecule has 0 bridgehead atoms. The van der Waals surface area contributed by atoms with Gasteiger partial charge in [-0.15, -0.1) is 11.6 Å². The molecule has 1 aliphatic rings. The third-order valence-electron chi connectivity index (χ3n) is 2.49. The molecule has 1 atom stereocenters. The van der Waals surface area contributed by atoms with E-state index in [1.165, 1.54) is 7.11 Å². The molecule has 1 heterocycles. The maximum atomic E-state index is 11.9. The highest BCUT2D eigenvalue weighted by Crippen LogP contribution is 2.15. The van der Waals surface area contributed by atoms with Crippen LogP contribution in [0.1, 0.15) is 12.8 Å². The molecule has 1 saturated heterocycles. The molecule has 0 radical (unpaired) electrons. The van der Waals surface area contributed by atoms with Crippen LogP contribution in [0.25, 0.3) is 0 Å². The normalized spacial score (nSPS) is 20.9. The molecule has 0 aromatic carbocycles. The van der Waals surface area contributed by atoms with Crippen molar-refractivity contribution in [3.63, 3.8) is 0 Å². The summed E-state index contributed by atoms with van der Waals surface area (Å²) in [5.74, 6) is 0.205. The fourth-order valence-corrected chi connectivity index (χ4v) is 3.51. The van der Waals surface area contributed by atoms with E-state index in [1.807, 2.05) is 0 Å². The standard InChI is InChI=1S/C9H18ClNO4S/c1-14-7-8(6-10)11-16(12,13)9-2-4-15-5-3-9/h8-9,11H,2-7H2,1H3. The smallest absolute Gasteiger partial charge is 0.215 e. The van der Waals surface area contributed by atoms with Crippen LogP contribution < -0.4 is 4.72 Å². The minimum atomic E-state index is -3.31. The summed E-state index contributed by atoms with van der Waals surface area (Å²) < 4.78 is 36.5. The van der Waals surface area contributed by atoms with Gasteiger partial charge in [0.25, 0.3) is 0 Å². The van der Waals surface area contributed by atoms with Gasteiger partial charge in [0.05, 0.1) is 17.9 Å². The van der Waals surface area contributed by atoms with E-state index in [-0.39, 0.29) is 23.8 Å². The van der Waals surface area contributed by atoms with E-state index in [9.17, 15) is 8.42 Å². The fraction of sp³-hybridized carbons (Fsp3) is 1.00. The van der Waals surface area contributed by atoms with Crippen molar-refractivity contribution in [2.24, 2.45) is 0 Å². The molecule has 1 aliphatic heterocycles. The molecule has 7 heteroatoms. The van der Waals surface area contributed by atoms with Crippen LogP contribution in [-0.2, 0) is 19.5 Å². The lowest BCUT2D eigenvalue weighted by Gasteiger charge is -2.24. The highest BCUT2D eigenvalue weighted by Gasteiger charge is 2.29. The number of hydrogen-bond acceptors (Lipinski definition) is 4. The third-order valence-corrected chi connectivity index (χ3v) is 4.88. The zero-order valence-corrected chi connectivity index (χ0v) is 10.9. The van der Waals surface area contributed by atoms with Gasteiger partial charge in [0.1, 0.15) is 0 Å². The molecule has 16 heavy (non-hydrogen) atoms. The van der Waals surface area contributed by atoms with Crippen LogP contribution in [0.5, 0.6) is 0 Å². The minimum absolute atomic E-state index is 0.205. The van der Waals surface area contributed by atoms with Crippen molar-refractivity contribution in [2.75, 3.05) is 32.8 Å². The van der Waals surface area contributed by atoms with Crippen molar-refractivity contribution in [1.29, 1.82) is 0 Å².